The molecule has 5 heteroatoms. The number of rotatable bonds is 3. The van der Waals surface area contributed by atoms with Gasteiger partial charge in [0.2, 0.25) is 0 Å². The number of ether oxygens (including phenoxy) is 3. The fourth-order valence-corrected chi connectivity index (χ4v) is 1.27. The standard InChI is InChI=1S/C12H14O5/c1-8(17-12(14)16-3)9-4-6-10(7-5-9)11(13)15-2/h4-8H,1-3H3. The minimum atomic E-state index is -0.741. The first-order valence-electron chi connectivity index (χ1n) is 5.01. The Morgan fingerprint density at radius 2 is 1.65 bits per heavy atom. The average molecular weight is 238 g/mol. The first-order valence-corrected chi connectivity index (χ1v) is 5.01. The highest BCUT2D eigenvalue weighted by Gasteiger charge is 2.12. The zero-order valence-electron chi connectivity index (χ0n) is 9.93. The number of carbonyl (C=O) groups excluding carboxylic acids is 2. The van der Waals surface area contributed by atoms with Crippen LogP contribution in [0.1, 0.15) is 28.9 Å². The third kappa shape index (κ3) is 3.48. The van der Waals surface area contributed by atoms with Crippen molar-refractivity contribution in [1.82, 2.24) is 0 Å². The van der Waals surface area contributed by atoms with E-state index >= 15 is 0 Å². The summed E-state index contributed by atoms with van der Waals surface area (Å²) in [4.78, 5) is 22.1. The Kier molecular flexibility index (Phi) is 4.51. The van der Waals surface area contributed by atoms with Crippen molar-refractivity contribution in [3.63, 3.8) is 0 Å². The third-order valence-electron chi connectivity index (χ3n) is 2.24. The molecular formula is C12H14O5. The molecule has 1 atom stereocenters. The van der Waals surface area contributed by atoms with E-state index in [-0.39, 0.29) is 0 Å². The summed E-state index contributed by atoms with van der Waals surface area (Å²) in [6.07, 6.45) is -1.18. The maximum atomic E-state index is 11.2. The Morgan fingerprint density at radius 1 is 1.06 bits per heavy atom. The van der Waals surface area contributed by atoms with E-state index in [1.165, 1.54) is 14.2 Å². The molecule has 0 aliphatic heterocycles. The van der Waals surface area contributed by atoms with Gasteiger partial charge in [0, 0.05) is 0 Å². The molecule has 0 aromatic heterocycles. The molecule has 92 valence electrons. The SMILES string of the molecule is COC(=O)OC(C)c1ccc(C(=O)OC)cc1. The first kappa shape index (κ1) is 13.0. The van der Waals surface area contributed by atoms with Crippen LogP contribution in [0.5, 0.6) is 0 Å². The van der Waals surface area contributed by atoms with Crippen LogP contribution in [0.15, 0.2) is 24.3 Å². The first-order chi connectivity index (χ1) is 8.08. The van der Waals surface area contributed by atoms with Crippen LogP contribution in [0.3, 0.4) is 0 Å². The summed E-state index contributed by atoms with van der Waals surface area (Å²) < 4.78 is 13.9. The van der Waals surface area contributed by atoms with Gasteiger partial charge in [0.1, 0.15) is 6.10 Å². The second kappa shape index (κ2) is 5.89. The van der Waals surface area contributed by atoms with Gasteiger partial charge in [-0.05, 0) is 24.6 Å². The van der Waals surface area contributed by atoms with Crippen LogP contribution < -0.4 is 0 Å². The van der Waals surface area contributed by atoms with Crippen LogP contribution in [0.4, 0.5) is 4.79 Å². The Labute approximate surface area is 99.3 Å². The monoisotopic (exact) mass is 238 g/mol. The average Bonchev–Trinajstić information content (AvgIpc) is 2.37. The van der Waals surface area contributed by atoms with E-state index < -0.39 is 18.2 Å². The Hall–Kier alpha value is -2.04. The van der Waals surface area contributed by atoms with Crippen molar-refractivity contribution in [2.75, 3.05) is 14.2 Å². The third-order valence-corrected chi connectivity index (χ3v) is 2.24. The normalized spacial score (nSPS) is 11.5. The summed E-state index contributed by atoms with van der Waals surface area (Å²) in [6.45, 7) is 1.71. The molecule has 0 aliphatic rings. The lowest BCUT2D eigenvalue weighted by molar-refractivity contribution is 0.0428. The maximum absolute atomic E-state index is 11.2. The number of hydrogen-bond acceptors (Lipinski definition) is 5. The van der Waals surface area contributed by atoms with Gasteiger partial charge in [0.15, 0.2) is 0 Å². The van der Waals surface area contributed by atoms with Gasteiger partial charge in [-0.2, -0.15) is 0 Å². The van der Waals surface area contributed by atoms with Gasteiger partial charge >= 0.3 is 12.1 Å². The van der Waals surface area contributed by atoms with Gasteiger partial charge in [-0.1, -0.05) is 12.1 Å². The molecular weight excluding hydrogens is 224 g/mol. The molecule has 0 radical (unpaired) electrons. The summed E-state index contributed by atoms with van der Waals surface area (Å²) in [5.41, 5.74) is 1.21. The molecule has 1 unspecified atom stereocenters. The van der Waals surface area contributed by atoms with Crippen molar-refractivity contribution in [2.45, 2.75) is 13.0 Å². The molecule has 17 heavy (non-hydrogen) atoms. The molecule has 0 aliphatic carbocycles. The molecule has 1 rings (SSSR count). The van der Waals surface area contributed by atoms with E-state index in [1.54, 1.807) is 31.2 Å². The fraction of sp³-hybridized carbons (Fsp3) is 0.333. The number of hydrogen-bond donors (Lipinski definition) is 0. The molecule has 5 nitrogen and oxygen atoms in total. The number of benzene rings is 1. The molecule has 0 fully saturated rings. The molecule has 0 spiro atoms. The van der Waals surface area contributed by atoms with Gasteiger partial charge in [-0.3, -0.25) is 0 Å². The minimum Gasteiger partial charge on any atom is -0.465 e. The van der Waals surface area contributed by atoms with Crippen LogP contribution in [-0.4, -0.2) is 26.3 Å². The van der Waals surface area contributed by atoms with Crippen molar-refractivity contribution < 1.29 is 23.8 Å². The Balaban J connectivity index is 2.73. The van der Waals surface area contributed by atoms with E-state index in [1.807, 2.05) is 0 Å². The highest BCUT2D eigenvalue weighted by Crippen LogP contribution is 2.18. The molecule has 0 bridgehead atoms. The molecule has 0 saturated heterocycles. The predicted octanol–water partition coefficient (Wildman–Crippen LogP) is 2.32. The molecule has 0 N–H and O–H groups in total. The second-order valence-corrected chi connectivity index (χ2v) is 3.33. The molecule has 1 aromatic carbocycles. The Morgan fingerprint density at radius 3 is 2.12 bits per heavy atom. The van der Waals surface area contributed by atoms with Crippen molar-refractivity contribution in [1.29, 1.82) is 0 Å². The molecule has 0 saturated carbocycles. The van der Waals surface area contributed by atoms with Gasteiger partial charge in [0.25, 0.3) is 0 Å². The summed E-state index contributed by atoms with van der Waals surface area (Å²) in [6, 6.07) is 6.61. The van der Waals surface area contributed by atoms with E-state index in [4.69, 9.17) is 4.74 Å². The van der Waals surface area contributed by atoms with Crippen LogP contribution in [-0.2, 0) is 14.2 Å². The lowest BCUT2D eigenvalue weighted by Gasteiger charge is -2.12. The van der Waals surface area contributed by atoms with Crippen LogP contribution in [0.2, 0.25) is 0 Å². The number of carbonyl (C=O) groups is 2. The predicted molar refractivity (Wildman–Crippen MR) is 59.7 cm³/mol. The summed E-state index contributed by atoms with van der Waals surface area (Å²) in [5.74, 6) is -0.405. The number of methoxy groups -OCH3 is 2. The molecule has 1 aromatic rings. The van der Waals surface area contributed by atoms with E-state index in [2.05, 4.69) is 9.47 Å². The number of esters is 1. The quantitative estimate of drug-likeness (QED) is 0.756. The highest BCUT2D eigenvalue weighted by atomic mass is 16.7. The molecule has 0 heterocycles. The lowest BCUT2D eigenvalue weighted by Crippen LogP contribution is -2.09. The summed E-state index contributed by atoms with van der Waals surface area (Å²) in [7, 11) is 2.56. The minimum absolute atomic E-state index is 0.405. The van der Waals surface area contributed by atoms with Crippen molar-refractivity contribution in [3.05, 3.63) is 35.4 Å². The topological polar surface area (TPSA) is 61.8 Å². The summed E-state index contributed by atoms with van der Waals surface area (Å²) >= 11 is 0. The van der Waals surface area contributed by atoms with Crippen LogP contribution >= 0.6 is 0 Å². The van der Waals surface area contributed by atoms with Gasteiger partial charge in [-0.25, -0.2) is 9.59 Å². The summed E-state index contributed by atoms with van der Waals surface area (Å²) in [5, 5.41) is 0. The van der Waals surface area contributed by atoms with E-state index in [9.17, 15) is 9.59 Å². The Bertz CT molecular complexity index is 396. The zero-order valence-corrected chi connectivity index (χ0v) is 9.93. The second-order valence-electron chi connectivity index (χ2n) is 3.33. The van der Waals surface area contributed by atoms with E-state index in [0.717, 1.165) is 5.56 Å². The van der Waals surface area contributed by atoms with E-state index in [0.29, 0.717) is 5.56 Å². The van der Waals surface area contributed by atoms with Crippen molar-refractivity contribution in [2.24, 2.45) is 0 Å². The zero-order chi connectivity index (χ0) is 12.8. The van der Waals surface area contributed by atoms with Crippen LogP contribution in [0, 0.1) is 0 Å². The largest absolute Gasteiger partial charge is 0.508 e. The van der Waals surface area contributed by atoms with Crippen LogP contribution in [0.25, 0.3) is 0 Å². The smallest absolute Gasteiger partial charge is 0.465 e. The van der Waals surface area contributed by atoms with Crippen molar-refractivity contribution in [3.8, 4) is 0 Å². The fourth-order valence-electron chi connectivity index (χ4n) is 1.27. The maximum Gasteiger partial charge on any atom is 0.508 e. The highest BCUT2D eigenvalue weighted by molar-refractivity contribution is 5.89. The lowest BCUT2D eigenvalue weighted by atomic mass is 10.1. The van der Waals surface area contributed by atoms with Gasteiger partial charge in [-0.15, -0.1) is 0 Å². The van der Waals surface area contributed by atoms with Gasteiger partial charge < -0.3 is 14.2 Å². The van der Waals surface area contributed by atoms with Gasteiger partial charge in [0.05, 0.1) is 19.8 Å². The molecule has 0 amide bonds. The van der Waals surface area contributed by atoms with Crippen molar-refractivity contribution >= 4 is 12.1 Å².